The van der Waals surface area contributed by atoms with Crippen LogP contribution in [0.1, 0.15) is 51.2 Å². The summed E-state index contributed by atoms with van der Waals surface area (Å²) in [5.74, 6) is 2.31. The lowest BCUT2D eigenvalue weighted by Crippen LogP contribution is -2.23. The smallest absolute Gasteiger partial charge is 0.161 e. The van der Waals surface area contributed by atoms with E-state index in [1.165, 1.54) is 12.8 Å². The van der Waals surface area contributed by atoms with Crippen LogP contribution >= 0.6 is 0 Å². The lowest BCUT2D eigenvalue weighted by Gasteiger charge is -2.27. The highest BCUT2D eigenvalue weighted by Crippen LogP contribution is 2.34. The van der Waals surface area contributed by atoms with Crippen LogP contribution in [0.3, 0.4) is 0 Å². The standard InChI is InChI=1S/C16H24O3/c1-11-4-7-14(8-5-11)19-15-9-6-13(12(2)17)10-16(15)18-3/h6,9-12,14,17H,4-5,7-8H2,1-3H3. The van der Waals surface area contributed by atoms with Gasteiger partial charge in [0.15, 0.2) is 11.5 Å². The molecule has 1 aromatic rings. The van der Waals surface area contributed by atoms with Crippen LogP contribution in [0, 0.1) is 5.92 Å². The van der Waals surface area contributed by atoms with Crippen molar-refractivity contribution in [3.8, 4) is 11.5 Å². The number of benzene rings is 1. The van der Waals surface area contributed by atoms with E-state index in [2.05, 4.69) is 6.92 Å². The van der Waals surface area contributed by atoms with Gasteiger partial charge in [-0.2, -0.15) is 0 Å². The Bertz CT molecular complexity index is 406. The third-order valence-electron chi connectivity index (χ3n) is 3.93. The second kappa shape index (κ2) is 6.29. The van der Waals surface area contributed by atoms with Crippen LogP contribution in [-0.2, 0) is 0 Å². The van der Waals surface area contributed by atoms with Crippen molar-refractivity contribution in [2.75, 3.05) is 7.11 Å². The Morgan fingerprint density at radius 2 is 1.84 bits per heavy atom. The largest absolute Gasteiger partial charge is 0.493 e. The third-order valence-corrected chi connectivity index (χ3v) is 3.93. The fraction of sp³-hybridized carbons (Fsp3) is 0.625. The van der Waals surface area contributed by atoms with Crippen molar-refractivity contribution in [2.24, 2.45) is 5.92 Å². The van der Waals surface area contributed by atoms with Crippen molar-refractivity contribution in [2.45, 2.75) is 51.7 Å². The Balaban J connectivity index is 2.07. The molecule has 1 saturated carbocycles. The molecule has 2 rings (SSSR count). The van der Waals surface area contributed by atoms with Gasteiger partial charge in [-0.1, -0.05) is 13.0 Å². The maximum Gasteiger partial charge on any atom is 0.161 e. The van der Waals surface area contributed by atoms with Crippen molar-refractivity contribution in [1.82, 2.24) is 0 Å². The minimum absolute atomic E-state index is 0.294. The Hall–Kier alpha value is -1.22. The average molecular weight is 264 g/mol. The van der Waals surface area contributed by atoms with Gasteiger partial charge in [-0.15, -0.1) is 0 Å². The molecule has 0 radical (unpaired) electrons. The molecule has 106 valence electrons. The highest BCUT2D eigenvalue weighted by molar-refractivity contribution is 5.43. The lowest BCUT2D eigenvalue weighted by atomic mass is 9.89. The van der Waals surface area contributed by atoms with Crippen molar-refractivity contribution in [3.63, 3.8) is 0 Å². The molecule has 0 heterocycles. The first-order valence-electron chi connectivity index (χ1n) is 7.12. The van der Waals surface area contributed by atoms with Crippen molar-refractivity contribution in [1.29, 1.82) is 0 Å². The number of aliphatic hydroxyl groups excluding tert-OH is 1. The fourth-order valence-corrected chi connectivity index (χ4v) is 2.57. The summed E-state index contributed by atoms with van der Waals surface area (Å²) in [4.78, 5) is 0. The van der Waals surface area contributed by atoms with Crippen LogP contribution < -0.4 is 9.47 Å². The molecule has 0 amide bonds. The molecule has 1 N–H and O–H groups in total. The van der Waals surface area contributed by atoms with Gasteiger partial charge in [0.2, 0.25) is 0 Å². The normalized spacial score (nSPS) is 24.8. The van der Waals surface area contributed by atoms with E-state index in [0.717, 1.165) is 30.1 Å². The van der Waals surface area contributed by atoms with Crippen LogP contribution in [0.4, 0.5) is 0 Å². The van der Waals surface area contributed by atoms with E-state index >= 15 is 0 Å². The average Bonchev–Trinajstić information content (AvgIpc) is 2.41. The Morgan fingerprint density at radius 1 is 1.16 bits per heavy atom. The summed E-state index contributed by atoms with van der Waals surface area (Å²) in [5, 5.41) is 9.59. The third kappa shape index (κ3) is 3.63. The predicted octanol–water partition coefficient (Wildman–Crippen LogP) is 3.71. The molecule has 0 aliphatic heterocycles. The summed E-state index contributed by atoms with van der Waals surface area (Å²) in [7, 11) is 1.64. The highest BCUT2D eigenvalue weighted by Gasteiger charge is 2.21. The lowest BCUT2D eigenvalue weighted by molar-refractivity contribution is 0.131. The van der Waals surface area contributed by atoms with Gasteiger partial charge >= 0.3 is 0 Å². The van der Waals surface area contributed by atoms with Crippen LogP contribution in [0.2, 0.25) is 0 Å². The van der Waals surface area contributed by atoms with Gasteiger partial charge in [-0.05, 0) is 56.2 Å². The molecule has 3 heteroatoms. The van der Waals surface area contributed by atoms with Gasteiger partial charge in [0.25, 0.3) is 0 Å². The maximum absolute atomic E-state index is 9.59. The Labute approximate surface area is 115 Å². The molecule has 0 saturated heterocycles. The second-order valence-electron chi connectivity index (χ2n) is 5.59. The zero-order chi connectivity index (χ0) is 13.8. The number of ether oxygens (including phenoxy) is 2. The minimum Gasteiger partial charge on any atom is -0.493 e. The van der Waals surface area contributed by atoms with Crippen molar-refractivity contribution < 1.29 is 14.6 Å². The number of methoxy groups -OCH3 is 1. The Morgan fingerprint density at radius 3 is 2.42 bits per heavy atom. The summed E-state index contributed by atoms with van der Waals surface area (Å²) in [5.41, 5.74) is 0.849. The monoisotopic (exact) mass is 264 g/mol. The second-order valence-corrected chi connectivity index (χ2v) is 5.59. The number of hydrogen-bond acceptors (Lipinski definition) is 3. The molecule has 0 spiro atoms. The van der Waals surface area contributed by atoms with Crippen LogP contribution in [0.15, 0.2) is 18.2 Å². The SMILES string of the molecule is COc1cc(C(C)O)ccc1OC1CCC(C)CC1. The van der Waals surface area contributed by atoms with Gasteiger partial charge in [-0.3, -0.25) is 0 Å². The molecule has 1 atom stereocenters. The Kier molecular flexibility index (Phi) is 4.70. The zero-order valence-corrected chi connectivity index (χ0v) is 12.1. The van der Waals surface area contributed by atoms with Crippen LogP contribution in [0.25, 0.3) is 0 Å². The zero-order valence-electron chi connectivity index (χ0n) is 12.1. The minimum atomic E-state index is -0.488. The van der Waals surface area contributed by atoms with Crippen molar-refractivity contribution >= 4 is 0 Å². The first kappa shape index (κ1) is 14.2. The van der Waals surface area contributed by atoms with Gasteiger partial charge < -0.3 is 14.6 Å². The molecule has 0 bridgehead atoms. The van der Waals surface area contributed by atoms with E-state index in [1.807, 2.05) is 18.2 Å². The summed E-state index contributed by atoms with van der Waals surface area (Å²) < 4.78 is 11.4. The first-order valence-corrected chi connectivity index (χ1v) is 7.12. The van der Waals surface area contributed by atoms with E-state index in [9.17, 15) is 5.11 Å². The van der Waals surface area contributed by atoms with E-state index in [-0.39, 0.29) is 0 Å². The summed E-state index contributed by atoms with van der Waals surface area (Å²) >= 11 is 0. The summed E-state index contributed by atoms with van der Waals surface area (Å²) in [6, 6.07) is 5.65. The molecule has 1 unspecified atom stereocenters. The molecular weight excluding hydrogens is 240 g/mol. The van der Waals surface area contributed by atoms with Gasteiger partial charge in [0.1, 0.15) is 0 Å². The van der Waals surface area contributed by atoms with E-state index in [1.54, 1.807) is 14.0 Å². The summed E-state index contributed by atoms with van der Waals surface area (Å²) in [6.45, 7) is 4.05. The van der Waals surface area contributed by atoms with Crippen molar-refractivity contribution in [3.05, 3.63) is 23.8 Å². The molecular formula is C16H24O3. The predicted molar refractivity (Wildman–Crippen MR) is 75.7 cm³/mol. The van der Waals surface area contributed by atoms with Gasteiger partial charge in [0, 0.05) is 0 Å². The van der Waals surface area contributed by atoms with Gasteiger partial charge in [-0.25, -0.2) is 0 Å². The fourth-order valence-electron chi connectivity index (χ4n) is 2.57. The molecule has 0 aromatic heterocycles. The summed E-state index contributed by atoms with van der Waals surface area (Å²) in [6.07, 6.45) is 4.50. The van der Waals surface area contributed by atoms with Gasteiger partial charge in [0.05, 0.1) is 19.3 Å². The topological polar surface area (TPSA) is 38.7 Å². The number of rotatable bonds is 4. The van der Waals surface area contributed by atoms with E-state index in [4.69, 9.17) is 9.47 Å². The highest BCUT2D eigenvalue weighted by atomic mass is 16.5. The quantitative estimate of drug-likeness (QED) is 0.901. The molecule has 1 fully saturated rings. The molecule has 1 aromatic carbocycles. The first-order chi connectivity index (χ1) is 9.10. The van der Waals surface area contributed by atoms with Crippen LogP contribution in [-0.4, -0.2) is 18.3 Å². The molecule has 19 heavy (non-hydrogen) atoms. The van der Waals surface area contributed by atoms with E-state index in [0.29, 0.717) is 11.9 Å². The number of aliphatic hydroxyl groups is 1. The molecule has 1 aliphatic rings. The van der Waals surface area contributed by atoms with Crippen LogP contribution in [0.5, 0.6) is 11.5 Å². The van der Waals surface area contributed by atoms with E-state index < -0.39 is 6.10 Å². The molecule has 1 aliphatic carbocycles. The molecule has 3 nitrogen and oxygen atoms in total. The maximum atomic E-state index is 9.59. The number of hydrogen-bond donors (Lipinski definition) is 1.